The van der Waals surface area contributed by atoms with Gasteiger partial charge in [0, 0.05) is 17.8 Å². The van der Waals surface area contributed by atoms with Crippen LogP contribution < -0.4 is 5.32 Å². The van der Waals surface area contributed by atoms with Gasteiger partial charge in [0.05, 0.1) is 10.8 Å². The molecular weight excluding hydrogens is 415 g/mol. The van der Waals surface area contributed by atoms with Crippen molar-refractivity contribution in [2.45, 2.75) is 44.6 Å². The van der Waals surface area contributed by atoms with Gasteiger partial charge in [-0.15, -0.1) is 10.2 Å². The van der Waals surface area contributed by atoms with E-state index in [1.807, 2.05) is 4.57 Å². The molecule has 0 bridgehead atoms. The Bertz CT molecular complexity index is 1080. The highest BCUT2D eigenvalue weighted by Crippen LogP contribution is 2.29. The second-order valence-corrected chi connectivity index (χ2v) is 8.98. The van der Waals surface area contributed by atoms with Crippen molar-refractivity contribution < 1.29 is 14.0 Å². The Morgan fingerprint density at radius 3 is 2.35 bits per heavy atom. The zero-order valence-electron chi connectivity index (χ0n) is 17.9. The fourth-order valence-corrected chi connectivity index (χ4v) is 3.85. The zero-order valence-corrected chi connectivity index (χ0v) is 18.7. The molecule has 1 aromatic heterocycles. The fraction of sp³-hybridized carbons (Fsp3) is 0.304. The van der Waals surface area contributed by atoms with Gasteiger partial charge in [0.2, 0.25) is 5.91 Å². The van der Waals surface area contributed by atoms with Gasteiger partial charge in [0.25, 0.3) is 0 Å². The summed E-state index contributed by atoms with van der Waals surface area (Å²) in [6.45, 7) is 7.98. The number of benzene rings is 2. The van der Waals surface area contributed by atoms with Gasteiger partial charge in [-0.05, 0) is 56.2 Å². The predicted molar refractivity (Wildman–Crippen MR) is 121 cm³/mol. The van der Waals surface area contributed by atoms with Crippen LogP contribution in [0.4, 0.5) is 10.1 Å². The molecule has 1 N–H and O–H groups in total. The lowest BCUT2D eigenvalue weighted by molar-refractivity contribution is -0.115. The fourth-order valence-electron chi connectivity index (χ4n) is 2.99. The Hall–Kier alpha value is -3.00. The minimum absolute atomic E-state index is 0.0306. The van der Waals surface area contributed by atoms with Crippen molar-refractivity contribution in [1.82, 2.24) is 14.8 Å². The Labute approximate surface area is 185 Å². The highest BCUT2D eigenvalue weighted by Gasteiger charge is 2.22. The second-order valence-electron chi connectivity index (χ2n) is 7.67. The largest absolute Gasteiger partial charge is 0.325 e. The number of Topliss-reactive ketones (excluding diaryl/α,β-unsaturated/α-hetero) is 1. The van der Waals surface area contributed by atoms with Gasteiger partial charge < -0.3 is 9.88 Å². The smallest absolute Gasteiger partial charge is 0.237 e. The molecule has 3 rings (SSSR count). The number of carbonyl (C=O) groups is 2. The minimum Gasteiger partial charge on any atom is -0.325 e. The predicted octanol–water partition coefficient (Wildman–Crippen LogP) is 5.06. The molecule has 1 heterocycles. The molecular formula is C23H25FN4O2S. The first-order valence-electron chi connectivity index (χ1n) is 10.0. The summed E-state index contributed by atoms with van der Waals surface area (Å²) < 4.78 is 16.2. The Morgan fingerprint density at radius 1 is 1.06 bits per heavy atom. The number of thioether (sulfide) groups is 1. The van der Waals surface area contributed by atoms with Gasteiger partial charge in [0.15, 0.2) is 16.8 Å². The van der Waals surface area contributed by atoms with Crippen LogP contribution in [0.5, 0.6) is 0 Å². The number of nitrogens with one attached hydrogen (secondary N) is 1. The van der Waals surface area contributed by atoms with Crippen LogP contribution in [0, 0.1) is 11.7 Å². The molecule has 162 valence electrons. The van der Waals surface area contributed by atoms with Gasteiger partial charge in [-0.2, -0.15) is 0 Å². The lowest BCUT2D eigenvalue weighted by Crippen LogP contribution is -2.23. The van der Waals surface area contributed by atoms with Crippen LogP contribution in [-0.4, -0.2) is 31.7 Å². The molecule has 8 heteroatoms. The van der Waals surface area contributed by atoms with Crippen molar-refractivity contribution in [2.75, 3.05) is 5.32 Å². The molecule has 0 saturated heterocycles. The van der Waals surface area contributed by atoms with Crippen LogP contribution >= 0.6 is 11.8 Å². The molecule has 3 aromatic rings. The molecule has 1 amide bonds. The Morgan fingerprint density at radius 2 is 1.74 bits per heavy atom. The van der Waals surface area contributed by atoms with E-state index in [9.17, 15) is 14.0 Å². The van der Waals surface area contributed by atoms with Crippen molar-refractivity contribution in [3.63, 3.8) is 0 Å². The van der Waals surface area contributed by atoms with Gasteiger partial charge in [-0.25, -0.2) is 4.39 Å². The quantitative estimate of drug-likeness (QED) is 0.391. The van der Waals surface area contributed by atoms with Crippen LogP contribution in [0.25, 0.3) is 11.4 Å². The third kappa shape index (κ3) is 5.58. The van der Waals surface area contributed by atoms with E-state index >= 15 is 0 Å². The van der Waals surface area contributed by atoms with Crippen LogP contribution in [0.2, 0.25) is 0 Å². The molecule has 0 unspecified atom stereocenters. The zero-order chi connectivity index (χ0) is 22.5. The van der Waals surface area contributed by atoms with Crippen molar-refractivity contribution >= 4 is 29.1 Å². The molecule has 0 aliphatic carbocycles. The monoisotopic (exact) mass is 440 g/mol. The maximum Gasteiger partial charge on any atom is 0.237 e. The van der Waals surface area contributed by atoms with Crippen LogP contribution in [0.15, 0.2) is 53.7 Å². The maximum absolute atomic E-state index is 14.3. The number of hydrogen-bond acceptors (Lipinski definition) is 5. The van der Waals surface area contributed by atoms with Crippen LogP contribution in [0.1, 0.15) is 38.1 Å². The number of ketones is 1. The van der Waals surface area contributed by atoms with Gasteiger partial charge in [-0.1, -0.05) is 37.7 Å². The molecule has 0 saturated carbocycles. The van der Waals surface area contributed by atoms with E-state index < -0.39 is 5.25 Å². The molecule has 0 fully saturated rings. The topological polar surface area (TPSA) is 76.9 Å². The minimum atomic E-state index is -0.462. The van der Waals surface area contributed by atoms with E-state index in [0.29, 0.717) is 34.3 Å². The molecule has 0 spiro atoms. The summed E-state index contributed by atoms with van der Waals surface area (Å²) in [5, 5.41) is 11.4. The summed E-state index contributed by atoms with van der Waals surface area (Å²) in [6.07, 6.45) is 0. The molecule has 6 nitrogen and oxygen atoms in total. The number of rotatable bonds is 8. The standard InChI is InChI=1S/C23H25FN4O2S/c1-14(2)13-28-21(19-7-5-6-8-20(19)24)26-27-23(28)31-16(4)22(30)25-18-11-9-17(10-12-18)15(3)29/h5-12,14,16H,13H2,1-4H3,(H,25,30)/t16-/m1/s1. The summed E-state index contributed by atoms with van der Waals surface area (Å²) in [4.78, 5) is 24.1. The number of halogens is 1. The van der Waals surface area contributed by atoms with Crippen molar-refractivity contribution in [3.8, 4) is 11.4 Å². The van der Waals surface area contributed by atoms with Gasteiger partial charge >= 0.3 is 0 Å². The third-order valence-corrected chi connectivity index (χ3v) is 5.67. The first kappa shape index (κ1) is 22.7. The van der Waals surface area contributed by atoms with E-state index in [2.05, 4.69) is 29.4 Å². The van der Waals surface area contributed by atoms with Crippen molar-refractivity contribution in [3.05, 3.63) is 59.9 Å². The van der Waals surface area contributed by atoms with E-state index in [1.165, 1.54) is 24.8 Å². The summed E-state index contributed by atoms with van der Waals surface area (Å²) >= 11 is 1.27. The molecule has 31 heavy (non-hydrogen) atoms. The van der Waals surface area contributed by atoms with Gasteiger partial charge in [-0.3, -0.25) is 9.59 Å². The summed E-state index contributed by atoms with van der Waals surface area (Å²) in [5.41, 5.74) is 1.58. The summed E-state index contributed by atoms with van der Waals surface area (Å²) in [6, 6.07) is 13.2. The number of anilines is 1. The highest BCUT2D eigenvalue weighted by molar-refractivity contribution is 8.00. The highest BCUT2D eigenvalue weighted by atomic mass is 32.2. The molecule has 0 radical (unpaired) electrons. The number of hydrogen-bond donors (Lipinski definition) is 1. The van der Waals surface area contributed by atoms with Gasteiger partial charge in [0.1, 0.15) is 5.82 Å². The van der Waals surface area contributed by atoms with E-state index in [-0.39, 0.29) is 23.4 Å². The third-order valence-electron chi connectivity index (χ3n) is 4.59. The lowest BCUT2D eigenvalue weighted by Gasteiger charge is -2.15. The maximum atomic E-state index is 14.3. The second kappa shape index (κ2) is 9.87. The number of nitrogens with zero attached hydrogens (tertiary/aromatic N) is 3. The molecule has 0 aliphatic rings. The Balaban J connectivity index is 1.78. The number of carbonyl (C=O) groups excluding carboxylic acids is 2. The molecule has 2 aromatic carbocycles. The van der Waals surface area contributed by atoms with Crippen molar-refractivity contribution in [1.29, 1.82) is 0 Å². The van der Waals surface area contributed by atoms with E-state index in [1.54, 1.807) is 49.4 Å². The first-order valence-corrected chi connectivity index (χ1v) is 10.9. The normalized spacial score (nSPS) is 12.1. The van der Waals surface area contributed by atoms with E-state index in [0.717, 1.165) is 0 Å². The van der Waals surface area contributed by atoms with Crippen molar-refractivity contribution in [2.24, 2.45) is 5.92 Å². The summed E-state index contributed by atoms with van der Waals surface area (Å²) in [7, 11) is 0. The SMILES string of the molecule is CC(=O)c1ccc(NC(=O)[C@@H](C)Sc2nnc(-c3ccccc3F)n2CC(C)C)cc1. The number of aromatic nitrogens is 3. The van der Waals surface area contributed by atoms with Crippen LogP contribution in [-0.2, 0) is 11.3 Å². The average Bonchev–Trinajstić information content (AvgIpc) is 3.10. The van der Waals surface area contributed by atoms with E-state index in [4.69, 9.17) is 0 Å². The Kier molecular flexibility index (Phi) is 7.22. The number of amides is 1. The van der Waals surface area contributed by atoms with Crippen LogP contribution in [0.3, 0.4) is 0 Å². The molecule has 1 atom stereocenters. The molecule has 0 aliphatic heterocycles. The first-order chi connectivity index (χ1) is 14.8. The lowest BCUT2D eigenvalue weighted by atomic mass is 10.1. The summed E-state index contributed by atoms with van der Waals surface area (Å²) in [5.74, 6) is 0.131. The average molecular weight is 441 g/mol.